The monoisotopic (exact) mass is 292 g/mol. The fourth-order valence-corrected chi connectivity index (χ4v) is 2.98. The summed E-state index contributed by atoms with van der Waals surface area (Å²) in [7, 11) is 0. The number of hydrogen-bond acceptors (Lipinski definition) is 5. The van der Waals surface area contributed by atoms with Crippen LogP contribution in [0.1, 0.15) is 23.8 Å². The van der Waals surface area contributed by atoms with Gasteiger partial charge in [-0.3, -0.25) is 4.79 Å². The SMILES string of the molecule is CC1CCN(C(=O)c2cc(-c3cccs3)on2)CC1O. The number of β-amino-alcohol motifs (C(OH)–C–C–N with tert-alkyl or cyclic N) is 1. The molecule has 1 aliphatic heterocycles. The van der Waals surface area contributed by atoms with Crippen molar-refractivity contribution >= 4 is 17.2 Å². The molecule has 5 nitrogen and oxygen atoms in total. The van der Waals surface area contributed by atoms with Gasteiger partial charge in [-0.2, -0.15) is 0 Å². The lowest BCUT2D eigenvalue weighted by atomic mass is 9.96. The Hall–Kier alpha value is -1.66. The number of amides is 1. The quantitative estimate of drug-likeness (QED) is 0.922. The molecule has 0 aromatic carbocycles. The van der Waals surface area contributed by atoms with Gasteiger partial charge in [-0.25, -0.2) is 0 Å². The van der Waals surface area contributed by atoms with Gasteiger partial charge in [0.15, 0.2) is 11.5 Å². The lowest BCUT2D eigenvalue weighted by Crippen LogP contribution is -2.45. The second-order valence-corrected chi connectivity index (χ2v) is 6.09. The van der Waals surface area contributed by atoms with Crippen molar-refractivity contribution in [1.29, 1.82) is 0 Å². The Morgan fingerprint density at radius 2 is 2.45 bits per heavy atom. The van der Waals surface area contributed by atoms with E-state index in [4.69, 9.17) is 4.52 Å². The molecule has 0 spiro atoms. The van der Waals surface area contributed by atoms with E-state index in [1.165, 1.54) is 11.3 Å². The molecule has 20 heavy (non-hydrogen) atoms. The highest BCUT2D eigenvalue weighted by molar-refractivity contribution is 7.13. The Morgan fingerprint density at radius 3 is 3.15 bits per heavy atom. The first kappa shape index (κ1) is 13.3. The van der Waals surface area contributed by atoms with Gasteiger partial charge in [-0.05, 0) is 23.8 Å². The van der Waals surface area contributed by atoms with Gasteiger partial charge in [0.05, 0.1) is 11.0 Å². The van der Waals surface area contributed by atoms with E-state index in [0.717, 1.165) is 11.3 Å². The number of carbonyl (C=O) groups excluding carboxylic acids is 1. The van der Waals surface area contributed by atoms with Crippen molar-refractivity contribution in [2.45, 2.75) is 19.4 Å². The topological polar surface area (TPSA) is 66.6 Å². The first-order chi connectivity index (χ1) is 9.65. The molecule has 2 unspecified atom stereocenters. The molecule has 1 aliphatic rings. The molecule has 2 aromatic rings. The first-order valence-corrected chi connectivity index (χ1v) is 7.51. The van der Waals surface area contributed by atoms with Crippen LogP contribution in [0.15, 0.2) is 28.1 Å². The molecule has 3 heterocycles. The van der Waals surface area contributed by atoms with Crippen LogP contribution in [0.5, 0.6) is 0 Å². The van der Waals surface area contributed by atoms with E-state index in [1.807, 2.05) is 24.4 Å². The van der Waals surface area contributed by atoms with Crippen molar-refractivity contribution in [3.8, 4) is 10.6 Å². The third kappa shape index (κ3) is 2.48. The Labute approximate surface area is 120 Å². The predicted molar refractivity (Wildman–Crippen MR) is 75.5 cm³/mol. The van der Waals surface area contributed by atoms with Crippen LogP contribution in [0.2, 0.25) is 0 Å². The third-order valence-corrected chi connectivity index (χ3v) is 4.58. The number of carbonyl (C=O) groups is 1. The lowest BCUT2D eigenvalue weighted by molar-refractivity contribution is 0.0243. The van der Waals surface area contributed by atoms with E-state index in [2.05, 4.69) is 5.16 Å². The number of aliphatic hydroxyl groups is 1. The fraction of sp³-hybridized carbons (Fsp3) is 0.429. The average Bonchev–Trinajstić information content (AvgIpc) is 3.11. The molecule has 0 aliphatic carbocycles. The minimum absolute atomic E-state index is 0.178. The van der Waals surface area contributed by atoms with Crippen molar-refractivity contribution < 1.29 is 14.4 Å². The van der Waals surface area contributed by atoms with Gasteiger partial charge in [0.25, 0.3) is 5.91 Å². The summed E-state index contributed by atoms with van der Waals surface area (Å²) in [6, 6.07) is 5.51. The smallest absolute Gasteiger partial charge is 0.276 e. The van der Waals surface area contributed by atoms with E-state index in [0.29, 0.717) is 24.5 Å². The van der Waals surface area contributed by atoms with Crippen molar-refractivity contribution in [2.24, 2.45) is 5.92 Å². The molecule has 106 valence electrons. The predicted octanol–water partition coefficient (Wildman–Crippen LogP) is 2.25. The molecule has 2 atom stereocenters. The van der Waals surface area contributed by atoms with Crippen LogP contribution in [-0.2, 0) is 0 Å². The Balaban J connectivity index is 1.75. The summed E-state index contributed by atoms with van der Waals surface area (Å²) in [4.78, 5) is 14.9. The number of likely N-dealkylation sites (tertiary alicyclic amines) is 1. The number of piperidine rings is 1. The van der Waals surface area contributed by atoms with Gasteiger partial charge < -0.3 is 14.5 Å². The summed E-state index contributed by atoms with van der Waals surface area (Å²) >= 11 is 1.54. The maximum Gasteiger partial charge on any atom is 0.276 e. The van der Waals surface area contributed by atoms with E-state index >= 15 is 0 Å². The average molecular weight is 292 g/mol. The van der Waals surface area contributed by atoms with Crippen LogP contribution in [0.25, 0.3) is 10.6 Å². The second-order valence-electron chi connectivity index (χ2n) is 5.14. The van der Waals surface area contributed by atoms with Gasteiger partial charge in [0.2, 0.25) is 0 Å². The molecule has 6 heteroatoms. The standard InChI is InChI=1S/C14H16N2O3S/c1-9-4-5-16(8-11(9)17)14(18)10-7-12(19-15-10)13-3-2-6-20-13/h2-3,6-7,9,11,17H,4-5,8H2,1H3. The normalized spacial score (nSPS) is 23.0. The number of aromatic nitrogens is 1. The Kier molecular flexibility index (Phi) is 3.58. The zero-order chi connectivity index (χ0) is 14.1. The summed E-state index contributed by atoms with van der Waals surface area (Å²) in [6.45, 7) is 3.01. The minimum Gasteiger partial charge on any atom is -0.391 e. The molecule has 1 N–H and O–H groups in total. The second kappa shape index (κ2) is 5.38. The van der Waals surface area contributed by atoms with E-state index in [9.17, 15) is 9.90 Å². The molecule has 1 saturated heterocycles. The number of aliphatic hydroxyl groups excluding tert-OH is 1. The molecule has 3 rings (SSSR count). The van der Waals surface area contributed by atoms with Crippen LogP contribution in [-0.4, -0.2) is 40.3 Å². The largest absolute Gasteiger partial charge is 0.391 e. The number of hydrogen-bond donors (Lipinski definition) is 1. The van der Waals surface area contributed by atoms with E-state index in [-0.39, 0.29) is 11.8 Å². The highest BCUT2D eigenvalue weighted by Crippen LogP contribution is 2.26. The number of thiophene rings is 1. The molecule has 0 radical (unpaired) electrons. The Morgan fingerprint density at radius 1 is 1.60 bits per heavy atom. The number of rotatable bonds is 2. The zero-order valence-electron chi connectivity index (χ0n) is 11.2. The molecular formula is C14H16N2O3S. The highest BCUT2D eigenvalue weighted by Gasteiger charge is 2.29. The maximum absolute atomic E-state index is 12.3. The van der Waals surface area contributed by atoms with Crippen LogP contribution >= 0.6 is 11.3 Å². The summed E-state index contributed by atoms with van der Waals surface area (Å²) in [6.07, 6.45) is 0.346. The van der Waals surface area contributed by atoms with Gasteiger partial charge in [-0.1, -0.05) is 18.1 Å². The summed E-state index contributed by atoms with van der Waals surface area (Å²) in [5, 5.41) is 15.7. The first-order valence-electron chi connectivity index (χ1n) is 6.63. The van der Waals surface area contributed by atoms with Gasteiger partial charge >= 0.3 is 0 Å². The zero-order valence-corrected chi connectivity index (χ0v) is 12.0. The molecular weight excluding hydrogens is 276 g/mol. The summed E-state index contributed by atoms with van der Waals surface area (Å²) in [5.41, 5.74) is 0.301. The fourth-order valence-electron chi connectivity index (χ4n) is 2.31. The van der Waals surface area contributed by atoms with E-state index < -0.39 is 6.10 Å². The minimum atomic E-state index is -0.462. The number of nitrogens with zero attached hydrogens (tertiary/aromatic N) is 2. The molecule has 2 aromatic heterocycles. The molecule has 1 amide bonds. The van der Waals surface area contributed by atoms with Crippen molar-refractivity contribution in [3.05, 3.63) is 29.3 Å². The van der Waals surface area contributed by atoms with Gasteiger partial charge in [0, 0.05) is 19.2 Å². The maximum atomic E-state index is 12.3. The van der Waals surface area contributed by atoms with Crippen LogP contribution in [0.4, 0.5) is 0 Å². The Bertz CT molecular complexity index is 593. The molecule has 0 bridgehead atoms. The summed E-state index contributed by atoms with van der Waals surface area (Å²) < 4.78 is 5.22. The van der Waals surface area contributed by atoms with Crippen molar-refractivity contribution in [1.82, 2.24) is 10.1 Å². The van der Waals surface area contributed by atoms with Gasteiger partial charge in [-0.15, -0.1) is 11.3 Å². The van der Waals surface area contributed by atoms with Crippen molar-refractivity contribution in [3.63, 3.8) is 0 Å². The van der Waals surface area contributed by atoms with Crippen LogP contribution in [0, 0.1) is 5.92 Å². The van der Waals surface area contributed by atoms with E-state index in [1.54, 1.807) is 11.0 Å². The summed E-state index contributed by atoms with van der Waals surface area (Å²) in [5.74, 6) is 0.662. The van der Waals surface area contributed by atoms with Crippen molar-refractivity contribution in [2.75, 3.05) is 13.1 Å². The van der Waals surface area contributed by atoms with Gasteiger partial charge in [0.1, 0.15) is 0 Å². The lowest BCUT2D eigenvalue weighted by Gasteiger charge is -2.33. The third-order valence-electron chi connectivity index (χ3n) is 3.70. The molecule has 1 fully saturated rings. The highest BCUT2D eigenvalue weighted by atomic mass is 32.1. The van der Waals surface area contributed by atoms with Crippen LogP contribution < -0.4 is 0 Å². The van der Waals surface area contributed by atoms with Crippen LogP contribution in [0.3, 0.4) is 0 Å². The molecule has 0 saturated carbocycles.